The fourth-order valence-electron chi connectivity index (χ4n) is 6.39. The summed E-state index contributed by atoms with van der Waals surface area (Å²) in [6.07, 6.45) is -0.522. The van der Waals surface area contributed by atoms with Gasteiger partial charge in [0.25, 0.3) is 0 Å². The third-order valence-corrected chi connectivity index (χ3v) is 9.22. The maximum absolute atomic E-state index is 14.2. The Hall–Kier alpha value is -4.86. The average molecular weight is 701 g/mol. The first-order valence-corrected chi connectivity index (χ1v) is 16.1. The lowest BCUT2D eigenvalue weighted by atomic mass is 10.1. The second-order valence-corrected chi connectivity index (χ2v) is 12.2. The van der Waals surface area contributed by atoms with Crippen molar-refractivity contribution in [3.8, 4) is 11.5 Å². The number of carbonyl (C=O) groups excluding carboxylic acids is 2. The number of phenols is 1. The highest BCUT2D eigenvalue weighted by Gasteiger charge is 2.28. The summed E-state index contributed by atoms with van der Waals surface area (Å²) in [5.41, 5.74) is 2.84. The Balaban J connectivity index is 0.000000191. The monoisotopic (exact) mass is 700 g/mol. The smallest absolute Gasteiger partial charge is 0.328 e. The molecular weight excluding hydrogens is 663 g/mol. The highest BCUT2D eigenvalue weighted by molar-refractivity contribution is 6.37. The van der Waals surface area contributed by atoms with Gasteiger partial charge in [0, 0.05) is 80.6 Å². The number of benzene rings is 2. The number of aromatic hydroxyl groups is 1. The zero-order valence-corrected chi connectivity index (χ0v) is 28.1. The Labute approximate surface area is 285 Å². The molecule has 0 aliphatic carbocycles. The molecule has 2 amide bonds. The van der Waals surface area contributed by atoms with Gasteiger partial charge in [-0.2, -0.15) is 0 Å². The summed E-state index contributed by atoms with van der Waals surface area (Å²) in [5.74, 6) is -2.75. The zero-order chi connectivity index (χ0) is 35.6. The fourth-order valence-corrected chi connectivity index (χ4v) is 6.67. The maximum atomic E-state index is 14.2. The number of rotatable bonds is 5. The third-order valence-electron chi connectivity index (χ3n) is 8.84. The number of nitrogens with zero attached hydrogens (tertiary/aromatic N) is 4. The minimum atomic E-state index is -1.02. The second kappa shape index (κ2) is 14.7. The number of ether oxygens (including phenoxy) is 1. The number of hydrogen-bond donors (Lipinski definition) is 5. The summed E-state index contributed by atoms with van der Waals surface area (Å²) in [5, 5.41) is 35.6. The summed E-state index contributed by atoms with van der Waals surface area (Å²) in [6.45, 7) is 8.45. The van der Waals surface area contributed by atoms with Gasteiger partial charge in [-0.3, -0.25) is 18.7 Å². The van der Waals surface area contributed by atoms with Gasteiger partial charge in [0.05, 0.1) is 36.0 Å². The zero-order valence-electron chi connectivity index (χ0n) is 27.3. The molecule has 6 rings (SSSR count). The van der Waals surface area contributed by atoms with Crippen molar-refractivity contribution in [2.24, 2.45) is 0 Å². The lowest BCUT2D eigenvalue weighted by molar-refractivity contribution is -0.137. The molecule has 0 bridgehead atoms. The van der Waals surface area contributed by atoms with E-state index in [1.165, 1.54) is 34.4 Å². The van der Waals surface area contributed by atoms with Crippen LogP contribution < -0.4 is 15.4 Å². The van der Waals surface area contributed by atoms with Crippen molar-refractivity contribution in [3.63, 3.8) is 0 Å². The number of carboxylic acid groups (broad SMARTS) is 2. The number of carbonyl (C=O) groups is 4. The van der Waals surface area contributed by atoms with Crippen LogP contribution in [0.15, 0.2) is 24.3 Å². The molecule has 2 aromatic heterocycles. The van der Waals surface area contributed by atoms with Gasteiger partial charge in [-0.15, -0.1) is 0 Å². The van der Waals surface area contributed by atoms with E-state index in [4.69, 9.17) is 16.3 Å². The highest BCUT2D eigenvalue weighted by Crippen LogP contribution is 2.38. The number of methoxy groups -OCH3 is 1. The molecule has 0 radical (unpaired) electrons. The highest BCUT2D eigenvalue weighted by atomic mass is 35.5. The predicted molar refractivity (Wildman–Crippen MR) is 180 cm³/mol. The molecule has 16 heteroatoms. The van der Waals surface area contributed by atoms with E-state index in [-0.39, 0.29) is 41.4 Å². The van der Waals surface area contributed by atoms with Crippen LogP contribution in [-0.4, -0.2) is 118 Å². The summed E-state index contributed by atoms with van der Waals surface area (Å²) < 4.78 is 22.1. The van der Waals surface area contributed by atoms with Gasteiger partial charge in [0.2, 0.25) is 0 Å². The second-order valence-electron chi connectivity index (χ2n) is 11.8. The van der Waals surface area contributed by atoms with Crippen LogP contribution in [0.2, 0.25) is 5.02 Å². The Morgan fingerprint density at radius 3 is 1.82 bits per heavy atom. The van der Waals surface area contributed by atoms with Crippen LogP contribution in [0.25, 0.3) is 21.8 Å². The molecule has 2 fully saturated rings. The fraction of sp³-hybridized carbons (Fsp3) is 0.394. The molecule has 49 heavy (non-hydrogen) atoms. The number of piperazine rings is 2. The third kappa shape index (κ3) is 7.00. The standard InChI is InChI=1S/C17H20FN3O4.C16H18ClN3O4/c1-10-11(8-16(22)23)12-7-15(25-2)13(18)9-14(12)21(10)17(24)20-5-3-19-4-6-20;1-9-10(8-13(22)23)14-11(2-3-12(21)15(14)17)20(9)16(24)19-6-4-18-5-7-19/h7,9,19H,3-6,8H2,1-2H3,(H,22,23);2-3,18,21H,4-8H2,1H3,(H,22,23). The first-order valence-electron chi connectivity index (χ1n) is 15.7. The van der Waals surface area contributed by atoms with Gasteiger partial charge in [0.15, 0.2) is 11.6 Å². The van der Waals surface area contributed by atoms with E-state index in [0.717, 1.165) is 0 Å². The number of halogens is 2. The minimum Gasteiger partial charge on any atom is -0.506 e. The van der Waals surface area contributed by atoms with Gasteiger partial charge in [-0.25, -0.2) is 14.0 Å². The normalized spacial score (nSPS) is 14.9. The van der Waals surface area contributed by atoms with E-state index in [1.807, 2.05) is 0 Å². The molecule has 2 aliphatic rings. The molecule has 4 aromatic rings. The van der Waals surface area contributed by atoms with Gasteiger partial charge in [0.1, 0.15) is 5.75 Å². The van der Waals surface area contributed by atoms with Crippen LogP contribution in [0, 0.1) is 19.7 Å². The van der Waals surface area contributed by atoms with Crippen LogP contribution in [0.3, 0.4) is 0 Å². The van der Waals surface area contributed by atoms with Crippen LogP contribution in [0.4, 0.5) is 14.0 Å². The molecule has 0 spiro atoms. The molecule has 262 valence electrons. The van der Waals surface area contributed by atoms with Gasteiger partial charge in [-0.1, -0.05) is 11.6 Å². The molecule has 0 unspecified atom stereocenters. The largest absolute Gasteiger partial charge is 0.506 e. The van der Waals surface area contributed by atoms with E-state index in [9.17, 15) is 38.9 Å². The Kier molecular flexibility index (Phi) is 10.6. The molecule has 0 saturated carbocycles. The molecule has 2 saturated heterocycles. The number of nitrogens with one attached hydrogen (secondary N) is 2. The summed E-state index contributed by atoms with van der Waals surface area (Å²) in [7, 11) is 1.34. The summed E-state index contributed by atoms with van der Waals surface area (Å²) in [6, 6.07) is 5.21. The molecule has 2 aliphatic heterocycles. The van der Waals surface area contributed by atoms with Crippen LogP contribution in [-0.2, 0) is 22.4 Å². The molecule has 14 nitrogen and oxygen atoms in total. The van der Waals surface area contributed by atoms with Crippen molar-refractivity contribution in [1.82, 2.24) is 29.6 Å². The molecule has 5 N–H and O–H groups in total. The molecule has 2 aromatic carbocycles. The topological polar surface area (TPSA) is 179 Å². The van der Waals surface area contributed by atoms with E-state index in [0.29, 0.717) is 96.7 Å². The summed E-state index contributed by atoms with van der Waals surface area (Å²) in [4.78, 5) is 51.8. The van der Waals surface area contributed by atoms with E-state index in [2.05, 4.69) is 10.6 Å². The van der Waals surface area contributed by atoms with Gasteiger partial charge >= 0.3 is 24.0 Å². The van der Waals surface area contributed by atoms with Crippen molar-refractivity contribution >= 4 is 57.4 Å². The Morgan fingerprint density at radius 2 is 1.31 bits per heavy atom. The lowest BCUT2D eigenvalue weighted by Gasteiger charge is -2.28. The van der Waals surface area contributed by atoms with Gasteiger partial charge in [-0.05, 0) is 43.2 Å². The van der Waals surface area contributed by atoms with E-state index in [1.54, 1.807) is 29.7 Å². The minimum absolute atomic E-state index is 0.0194. The Morgan fingerprint density at radius 1 is 0.816 bits per heavy atom. The first kappa shape index (κ1) is 35.4. The van der Waals surface area contributed by atoms with Crippen LogP contribution >= 0.6 is 11.6 Å². The number of phenolic OH excluding ortho intramolecular Hbond substituents is 1. The Bertz CT molecular complexity index is 1940. The molecular formula is C33H38ClFN6O8. The van der Waals surface area contributed by atoms with Crippen LogP contribution in [0.1, 0.15) is 22.5 Å². The van der Waals surface area contributed by atoms with Crippen LogP contribution in [0.5, 0.6) is 11.5 Å². The number of carboxylic acids is 2. The number of aromatic nitrogens is 2. The number of amides is 2. The lowest BCUT2D eigenvalue weighted by Crippen LogP contribution is -2.48. The first-order chi connectivity index (χ1) is 23.3. The maximum Gasteiger partial charge on any atom is 0.328 e. The van der Waals surface area contributed by atoms with E-state index < -0.39 is 17.8 Å². The van der Waals surface area contributed by atoms with Crippen molar-refractivity contribution in [2.75, 3.05) is 59.5 Å². The summed E-state index contributed by atoms with van der Waals surface area (Å²) >= 11 is 6.20. The molecule has 0 atom stereocenters. The van der Waals surface area contributed by atoms with E-state index >= 15 is 0 Å². The van der Waals surface area contributed by atoms with Gasteiger partial charge < -0.3 is 40.5 Å². The predicted octanol–water partition coefficient (Wildman–Crippen LogP) is 3.41. The number of fused-ring (bicyclic) bond motifs is 2. The number of hydrogen-bond acceptors (Lipinski definition) is 8. The number of aliphatic carboxylic acids is 2. The van der Waals surface area contributed by atoms with Crippen molar-refractivity contribution in [1.29, 1.82) is 0 Å². The van der Waals surface area contributed by atoms with Crippen molar-refractivity contribution in [3.05, 3.63) is 57.6 Å². The van der Waals surface area contributed by atoms with Crippen molar-refractivity contribution < 1.29 is 43.6 Å². The van der Waals surface area contributed by atoms with Crippen molar-refractivity contribution in [2.45, 2.75) is 26.7 Å². The molecule has 4 heterocycles. The quantitative estimate of drug-likeness (QED) is 0.207. The SMILES string of the molecule is COc1cc2c(CC(=O)O)c(C)n(C(=O)N3CCNCC3)c2cc1F.Cc1c(CC(=O)O)c2c(Cl)c(O)ccc2n1C(=O)N1CCNCC1. The average Bonchev–Trinajstić information content (AvgIpc) is 3.50.